The Balaban J connectivity index is 2.02. The molecule has 1 aromatic carbocycles. The highest BCUT2D eigenvalue weighted by atomic mass is 32.1. The van der Waals surface area contributed by atoms with E-state index in [-0.39, 0.29) is 12.2 Å². The number of nitrogens with one attached hydrogen (secondary N) is 1. The van der Waals surface area contributed by atoms with Crippen LogP contribution in [0.2, 0.25) is 0 Å². The molecule has 2 aromatic rings. The number of nitrogens with zero attached hydrogens (tertiary/aromatic N) is 2. The molecule has 1 N–H and O–H groups in total. The molecule has 0 radical (unpaired) electrons. The fourth-order valence-electron chi connectivity index (χ4n) is 1.68. The fraction of sp³-hybridized carbons (Fsp3) is 0.250. The molecule has 0 aliphatic carbocycles. The molecule has 0 atom stereocenters. The normalized spacial score (nSPS) is 10.6. The Hall–Kier alpha value is -1.86. The Bertz CT molecular complexity index is 600. The van der Waals surface area contributed by atoms with Crippen molar-refractivity contribution in [3.05, 3.63) is 55.8 Å². The molecule has 0 spiro atoms. The van der Waals surface area contributed by atoms with Crippen LogP contribution in [0.15, 0.2) is 24.4 Å². The van der Waals surface area contributed by atoms with Crippen LogP contribution in [-0.2, 0) is 13.1 Å². The lowest BCUT2D eigenvalue weighted by molar-refractivity contribution is -0.385. The van der Waals surface area contributed by atoms with Crippen LogP contribution >= 0.6 is 11.3 Å². The van der Waals surface area contributed by atoms with Gasteiger partial charge < -0.3 is 5.32 Å². The molecule has 0 saturated carbocycles. The Labute approximate surface area is 113 Å². The van der Waals surface area contributed by atoms with Gasteiger partial charge in [-0.2, -0.15) is 0 Å². The van der Waals surface area contributed by atoms with Crippen LogP contribution in [-0.4, -0.2) is 9.91 Å². The molecule has 0 fully saturated rings. The SMILES string of the molecule is Cc1ncc(CNCc2cc(F)ccc2[N+](=O)[O-])s1. The van der Waals surface area contributed by atoms with Crippen molar-refractivity contribution in [2.24, 2.45) is 0 Å². The van der Waals surface area contributed by atoms with Crippen molar-refractivity contribution in [3.8, 4) is 0 Å². The topological polar surface area (TPSA) is 68.1 Å². The highest BCUT2D eigenvalue weighted by Crippen LogP contribution is 2.19. The van der Waals surface area contributed by atoms with E-state index in [2.05, 4.69) is 10.3 Å². The van der Waals surface area contributed by atoms with Crippen LogP contribution in [0.3, 0.4) is 0 Å². The predicted octanol–water partition coefficient (Wildman–Crippen LogP) is 2.79. The van der Waals surface area contributed by atoms with E-state index < -0.39 is 10.7 Å². The quantitative estimate of drug-likeness (QED) is 0.676. The van der Waals surface area contributed by atoms with Crippen molar-refractivity contribution in [2.75, 3.05) is 0 Å². The maximum Gasteiger partial charge on any atom is 0.274 e. The van der Waals surface area contributed by atoms with Crippen molar-refractivity contribution in [1.29, 1.82) is 0 Å². The van der Waals surface area contributed by atoms with Gasteiger partial charge in [-0.05, 0) is 19.1 Å². The minimum absolute atomic E-state index is 0.0746. The second kappa shape index (κ2) is 5.85. The summed E-state index contributed by atoms with van der Waals surface area (Å²) in [5.74, 6) is -0.476. The summed E-state index contributed by atoms with van der Waals surface area (Å²) >= 11 is 1.55. The van der Waals surface area contributed by atoms with Crippen LogP contribution < -0.4 is 5.32 Å². The van der Waals surface area contributed by atoms with Gasteiger partial charge in [0.2, 0.25) is 0 Å². The van der Waals surface area contributed by atoms with E-state index in [1.165, 1.54) is 12.1 Å². The lowest BCUT2D eigenvalue weighted by Crippen LogP contribution is -2.13. The number of hydrogen-bond acceptors (Lipinski definition) is 5. The summed E-state index contributed by atoms with van der Waals surface area (Å²) in [5.41, 5.74) is 0.264. The average molecular weight is 281 g/mol. The first-order chi connectivity index (χ1) is 9.06. The van der Waals surface area contributed by atoms with Crippen LogP contribution in [0.4, 0.5) is 10.1 Å². The largest absolute Gasteiger partial charge is 0.307 e. The highest BCUT2D eigenvalue weighted by molar-refractivity contribution is 7.11. The zero-order valence-electron chi connectivity index (χ0n) is 10.2. The molecule has 5 nitrogen and oxygen atoms in total. The van der Waals surface area contributed by atoms with Gasteiger partial charge in [0.1, 0.15) is 5.82 Å². The van der Waals surface area contributed by atoms with Crippen LogP contribution in [0.1, 0.15) is 15.4 Å². The third-order valence-corrected chi connectivity index (χ3v) is 3.43. The first-order valence-corrected chi connectivity index (χ1v) is 6.43. The molecule has 7 heteroatoms. The molecule has 0 unspecified atom stereocenters. The maximum absolute atomic E-state index is 13.1. The second-order valence-corrected chi connectivity index (χ2v) is 5.30. The van der Waals surface area contributed by atoms with Gasteiger partial charge in [0, 0.05) is 35.8 Å². The Morgan fingerprint density at radius 3 is 2.89 bits per heavy atom. The van der Waals surface area contributed by atoms with E-state index in [0.29, 0.717) is 12.1 Å². The molecule has 2 rings (SSSR count). The first-order valence-electron chi connectivity index (χ1n) is 5.61. The zero-order chi connectivity index (χ0) is 13.8. The van der Waals surface area contributed by atoms with E-state index in [4.69, 9.17) is 0 Å². The number of thiazole rings is 1. The standard InChI is InChI=1S/C12H12FN3O2S/c1-8-15-7-11(19-8)6-14-5-9-4-10(13)2-3-12(9)16(17)18/h2-4,7,14H,5-6H2,1H3. The Morgan fingerprint density at radius 1 is 1.47 bits per heavy atom. The van der Waals surface area contributed by atoms with E-state index in [0.717, 1.165) is 16.0 Å². The lowest BCUT2D eigenvalue weighted by atomic mass is 10.1. The third-order valence-electron chi connectivity index (χ3n) is 2.52. The number of nitro benzene ring substituents is 1. The number of aryl methyl sites for hydroxylation is 1. The summed E-state index contributed by atoms with van der Waals surface area (Å²) < 4.78 is 13.1. The lowest BCUT2D eigenvalue weighted by Gasteiger charge is -2.04. The van der Waals surface area contributed by atoms with Gasteiger partial charge in [-0.3, -0.25) is 10.1 Å². The van der Waals surface area contributed by atoms with E-state index in [1.807, 2.05) is 6.92 Å². The van der Waals surface area contributed by atoms with E-state index >= 15 is 0 Å². The molecule has 19 heavy (non-hydrogen) atoms. The van der Waals surface area contributed by atoms with Crippen LogP contribution in [0, 0.1) is 22.9 Å². The molecule has 0 aliphatic rings. The summed E-state index contributed by atoms with van der Waals surface area (Å²) in [6.07, 6.45) is 1.76. The number of benzene rings is 1. The van der Waals surface area contributed by atoms with Crippen molar-refractivity contribution in [3.63, 3.8) is 0 Å². The minimum Gasteiger partial charge on any atom is -0.307 e. The van der Waals surface area contributed by atoms with Crippen molar-refractivity contribution in [2.45, 2.75) is 20.0 Å². The Morgan fingerprint density at radius 2 is 2.26 bits per heavy atom. The average Bonchev–Trinajstić information content (AvgIpc) is 2.75. The molecular formula is C12H12FN3O2S. The maximum atomic E-state index is 13.1. The van der Waals surface area contributed by atoms with Crippen molar-refractivity contribution in [1.82, 2.24) is 10.3 Å². The van der Waals surface area contributed by atoms with Gasteiger partial charge in [0.05, 0.1) is 9.93 Å². The minimum atomic E-state index is -0.507. The van der Waals surface area contributed by atoms with Crippen LogP contribution in [0.5, 0.6) is 0 Å². The molecule has 1 heterocycles. The summed E-state index contributed by atoms with van der Waals surface area (Å²) in [4.78, 5) is 15.5. The number of hydrogen-bond donors (Lipinski definition) is 1. The number of nitro groups is 1. The predicted molar refractivity (Wildman–Crippen MR) is 70.4 cm³/mol. The summed E-state index contributed by atoms with van der Waals surface area (Å²) in [6.45, 7) is 2.70. The summed E-state index contributed by atoms with van der Waals surface area (Å²) in [7, 11) is 0. The molecule has 0 aliphatic heterocycles. The summed E-state index contributed by atoms with van der Waals surface area (Å²) in [6, 6.07) is 3.46. The zero-order valence-corrected chi connectivity index (χ0v) is 11.0. The monoisotopic (exact) mass is 281 g/mol. The van der Waals surface area contributed by atoms with E-state index in [1.54, 1.807) is 17.5 Å². The first kappa shape index (κ1) is 13.6. The van der Waals surface area contributed by atoms with Crippen molar-refractivity contribution < 1.29 is 9.31 Å². The number of rotatable bonds is 5. The van der Waals surface area contributed by atoms with Crippen LogP contribution in [0.25, 0.3) is 0 Å². The van der Waals surface area contributed by atoms with Gasteiger partial charge in [0.15, 0.2) is 0 Å². The van der Waals surface area contributed by atoms with Gasteiger partial charge in [0.25, 0.3) is 5.69 Å². The van der Waals surface area contributed by atoms with Gasteiger partial charge in [-0.1, -0.05) is 0 Å². The smallest absolute Gasteiger partial charge is 0.274 e. The third kappa shape index (κ3) is 3.55. The molecular weight excluding hydrogens is 269 g/mol. The van der Waals surface area contributed by atoms with Crippen molar-refractivity contribution >= 4 is 17.0 Å². The van der Waals surface area contributed by atoms with Gasteiger partial charge >= 0.3 is 0 Å². The molecule has 0 bridgehead atoms. The molecule has 100 valence electrons. The second-order valence-electron chi connectivity index (χ2n) is 3.98. The molecule has 0 amide bonds. The number of aromatic nitrogens is 1. The fourth-order valence-corrected chi connectivity index (χ4v) is 2.45. The van der Waals surface area contributed by atoms with Gasteiger partial charge in [-0.25, -0.2) is 9.37 Å². The van der Waals surface area contributed by atoms with Gasteiger partial charge in [-0.15, -0.1) is 11.3 Å². The molecule has 1 aromatic heterocycles. The summed E-state index contributed by atoms with van der Waals surface area (Å²) in [5, 5.41) is 14.8. The highest BCUT2D eigenvalue weighted by Gasteiger charge is 2.13. The van der Waals surface area contributed by atoms with E-state index in [9.17, 15) is 14.5 Å². The number of halogens is 1. The molecule has 0 saturated heterocycles. The Kier molecular flexibility index (Phi) is 4.18.